The van der Waals surface area contributed by atoms with E-state index in [9.17, 15) is 4.79 Å². The van der Waals surface area contributed by atoms with Crippen LogP contribution in [0.25, 0.3) is 5.69 Å². The number of nitrogens with zero attached hydrogens (tertiary/aromatic N) is 6. The number of anilines is 1. The van der Waals surface area contributed by atoms with Crippen LogP contribution in [-0.4, -0.2) is 87.4 Å². The Morgan fingerprint density at radius 1 is 0.944 bits per heavy atom. The van der Waals surface area contributed by atoms with Crippen molar-refractivity contribution in [2.45, 2.75) is 77.0 Å². The Morgan fingerprint density at radius 2 is 1.69 bits per heavy atom. The van der Waals surface area contributed by atoms with Crippen molar-refractivity contribution in [1.29, 1.82) is 10.8 Å². The lowest BCUT2D eigenvalue weighted by Crippen LogP contribution is -2.43. The number of halogens is 1. The number of pyridine rings is 1. The summed E-state index contributed by atoms with van der Waals surface area (Å²) in [5, 5.41) is 28.2. The number of hydrogen-bond donors (Lipinski definition) is 4. The fourth-order valence-electron chi connectivity index (χ4n) is 7.59. The van der Waals surface area contributed by atoms with Crippen molar-refractivity contribution < 1.29 is 13.9 Å². The minimum Gasteiger partial charge on any atom is -0.484 e. The predicted molar refractivity (Wildman–Crippen MR) is 208 cm³/mol. The minimum atomic E-state index is -0.414. The second-order valence-corrected chi connectivity index (χ2v) is 15.9. The number of nitrogens with one attached hydrogen (secondary N) is 4. The lowest BCUT2D eigenvalue weighted by Gasteiger charge is -2.33. The van der Waals surface area contributed by atoms with E-state index in [-0.39, 0.29) is 23.0 Å². The van der Waals surface area contributed by atoms with Crippen LogP contribution in [-0.2, 0) is 12.0 Å². The van der Waals surface area contributed by atoms with E-state index in [1.165, 1.54) is 17.2 Å². The van der Waals surface area contributed by atoms with E-state index in [1.807, 2.05) is 68.1 Å². The molecular weight excluding hydrogens is 684 g/mol. The molecule has 2 aromatic carbocycles. The number of benzene rings is 2. The second kappa shape index (κ2) is 15.8. The zero-order chi connectivity index (χ0) is 38.0. The summed E-state index contributed by atoms with van der Waals surface area (Å²) in [4.78, 5) is 20.5. The third kappa shape index (κ3) is 8.37. The Balaban J connectivity index is 1.07. The number of urea groups is 1. The van der Waals surface area contributed by atoms with Crippen molar-refractivity contribution in [3.63, 3.8) is 0 Å². The molecule has 0 bridgehead atoms. The molecule has 7 rings (SSSR count). The molecule has 0 unspecified atom stereocenters. The molecule has 13 heteroatoms. The average Bonchev–Trinajstić information content (AvgIpc) is 3.59. The number of amides is 2. The molecule has 4 N–H and O–H groups in total. The van der Waals surface area contributed by atoms with Crippen LogP contribution in [0.3, 0.4) is 0 Å². The van der Waals surface area contributed by atoms with Gasteiger partial charge in [-0.15, -0.1) is 0 Å². The van der Waals surface area contributed by atoms with Crippen molar-refractivity contribution >= 4 is 17.8 Å². The van der Waals surface area contributed by atoms with E-state index in [4.69, 9.17) is 20.7 Å². The largest absolute Gasteiger partial charge is 0.484 e. The molecule has 12 nitrogen and oxygen atoms in total. The number of hydrogen-bond acceptors (Lipinski definition) is 7. The van der Waals surface area contributed by atoms with Crippen LogP contribution in [0.2, 0.25) is 0 Å². The number of ether oxygens (including phenoxy) is 1. The first-order valence-corrected chi connectivity index (χ1v) is 19.2. The molecule has 54 heavy (non-hydrogen) atoms. The van der Waals surface area contributed by atoms with Gasteiger partial charge in [0.05, 0.1) is 17.9 Å². The summed E-state index contributed by atoms with van der Waals surface area (Å²) in [5.41, 5.74) is 3.84. The Bertz CT molecular complexity index is 2040. The monoisotopic (exact) mass is 736 g/mol. The van der Waals surface area contributed by atoms with Gasteiger partial charge in [-0.3, -0.25) is 25.6 Å². The number of rotatable bonds is 7. The zero-order valence-corrected chi connectivity index (χ0v) is 31.9. The number of carbonyl (C=O) groups excluding carboxylic acids is 1. The summed E-state index contributed by atoms with van der Waals surface area (Å²) in [7, 11) is 2.13. The van der Waals surface area contributed by atoms with Gasteiger partial charge in [-0.2, -0.15) is 5.10 Å². The molecule has 286 valence electrons. The van der Waals surface area contributed by atoms with Gasteiger partial charge >= 0.3 is 6.03 Å². The summed E-state index contributed by atoms with van der Waals surface area (Å²) >= 11 is 0. The van der Waals surface area contributed by atoms with Crippen LogP contribution < -0.4 is 20.9 Å². The molecule has 3 aliphatic rings. The van der Waals surface area contributed by atoms with Gasteiger partial charge in [0.25, 0.3) is 0 Å². The Kier molecular flexibility index (Phi) is 10.9. The summed E-state index contributed by atoms with van der Waals surface area (Å²) in [6, 6.07) is 17.7. The molecular formula is C41H53FN10O2. The summed E-state index contributed by atoms with van der Waals surface area (Å²) in [6.45, 7) is 12.4. The fourth-order valence-corrected chi connectivity index (χ4v) is 7.59. The van der Waals surface area contributed by atoms with Crippen molar-refractivity contribution in [1.82, 2.24) is 34.4 Å². The van der Waals surface area contributed by atoms with Crippen LogP contribution in [0.5, 0.6) is 5.75 Å². The Hall–Kier alpha value is -5.01. The summed E-state index contributed by atoms with van der Waals surface area (Å²) in [6.07, 6.45) is 6.00. The normalized spacial score (nSPS) is 19.6. The summed E-state index contributed by atoms with van der Waals surface area (Å²) < 4.78 is 25.2. The lowest BCUT2D eigenvalue weighted by atomic mass is 9.85. The van der Waals surface area contributed by atoms with Crippen molar-refractivity contribution in [2.24, 2.45) is 0 Å². The third-order valence-corrected chi connectivity index (χ3v) is 10.8. The van der Waals surface area contributed by atoms with Crippen molar-refractivity contribution in [3.05, 3.63) is 101 Å². The maximum absolute atomic E-state index is 15.6. The van der Waals surface area contributed by atoms with E-state index in [0.717, 1.165) is 74.5 Å². The van der Waals surface area contributed by atoms with Crippen LogP contribution in [0, 0.1) is 16.6 Å². The first-order chi connectivity index (χ1) is 25.9. The molecule has 2 fully saturated rings. The molecule has 0 radical (unpaired) electrons. The number of aromatic nitrogens is 3. The van der Waals surface area contributed by atoms with Crippen LogP contribution in [0.15, 0.2) is 66.9 Å². The standard InChI is InChI=1S/C41H53FN10O2/c1-41(2,3)36-25-38(52(47-36)34-24-28(12-14-32(34)42)26-49-22-20-48(4)21-23-49)46-40(53)45-33-15-16-35(31-11-7-6-10-30(31)33)54-29-13-17-37(43)51(27-29)39(44)50-18-8-5-9-19-50/h6-7,10-14,17,24-25,27,33,35,43-44H,5,8-9,15-16,18-23,26H2,1-4H3,(H2,45,46,53)/t33-,35+/m0/s1. The topological polar surface area (TPSA) is 131 Å². The van der Waals surface area contributed by atoms with Crippen LogP contribution in [0.4, 0.5) is 15.0 Å². The molecule has 2 aliphatic heterocycles. The van der Waals surface area contributed by atoms with Gasteiger partial charge in [0, 0.05) is 57.3 Å². The van der Waals surface area contributed by atoms with Crippen molar-refractivity contribution in [2.75, 3.05) is 51.6 Å². The molecule has 0 saturated carbocycles. The van der Waals surface area contributed by atoms with E-state index >= 15 is 4.39 Å². The quantitative estimate of drug-likeness (QED) is 0.129. The molecule has 4 heterocycles. The molecule has 2 amide bonds. The number of fused-ring (bicyclic) bond motifs is 1. The Labute approximate surface area is 316 Å². The highest BCUT2D eigenvalue weighted by Gasteiger charge is 2.31. The Morgan fingerprint density at radius 3 is 2.43 bits per heavy atom. The first-order valence-electron chi connectivity index (χ1n) is 19.2. The molecule has 2 saturated heterocycles. The highest BCUT2D eigenvalue weighted by Crippen LogP contribution is 2.39. The molecule has 1 aliphatic carbocycles. The zero-order valence-electron chi connectivity index (χ0n) is 31.9. The molecule has 2 atom stereocenters. The maximum atomic E-state index is 15.6. The molecule has 4 aromatic rings. The number of carbonyl (C=O) groups is 1. The minimum absolute atomic E-state index is 0.231. The summed E-state index contributed by atoms with van der Waals surface area (Å²) in [5.74, 6) is 0.850. The first kappa shape index (κ1) is 37.3. The molecule has 0 spiro atoms. The van der Waals surface area contributed by atoms with Crippen molar-refractivity contribution in [3.8, 4) is 11.4 Å². The highest BCUT2D eigenvalue weighted by atomic mass is 19.1. The van der Waals surface area contributed by atoms with Gasteiger partial charge in [-0.05, 0) is 80.1 Å². The van der Waals surface area contributed by atoms with Gasteiger partial charge in [-0.25, -0.2) is 13.9 Å². The second-order valence-electron chi connectivity index (χ2n) is 15.9. The van der Waals surface area contributed by atoms with Crippen LogP contribution in [0.1, 0.15) is 87.4 Å². The van der Waals surface area contributed by atoms with E-state index in [1.54, 1.807) is 22.9 Å². The van der Waals surface area contributed by atoms with E-state index in [2.05, 4.69) is 27.5 Å². The number of piperidine rings is 1. The van der Waals surface area contributed by atoms with E-state index in [0.29, 0.717) is 42.6 Å². The number of likely N-dealkylation sites (tertiary alicyclic amines) is 1. The molecule has 2 aromatic heterocycles. The number of piperazine rings is 1. The predicted octanol–water partition coefficient (Wildman–Crippen LogP) is 6.38. The lowest BCUT2D eigenvalue weighted by molar-refractivity contribution is 0.148. The van der Waals surface area contributed by atoms with Gasteiger partial charge in [0.1, 0.15) is 34.7 Å². The van der Waals surface area contributed by atoms with E-state index < -0.39 is 11.8 Å². The number of likely N-dealkylation sites (N-methyl/N-ethyl adjacent to an activating group) is 1. The fraction of sp³-hybridized carbons (Fsp3) is 0.463. The van der Waals surface area contributed by atoms with Gasteiger partial charge in [0.2, 0.25) is 5.96 Å². The average molecular weight is 737 g/mol. The van der Waals surface area contributed by atoms with Gasteiger partial charge in [-0.1, -0.05) is 51.1 Å². The smallest absolute Gasteiger partial charge is 0.320 e. The highest BCUT2D eigenvalue weighted by molar-refractivity contribution is 5.89. The van der Waals surface area contributed by atoms with Gasteiger partial charge in [0.15, 0.2) is 0 Å². The SMILES string of the molecule is CN1CCN(Cc2ccc(F)c(-n3nc(C(C)(C)C)cc3NC(=O)N[C@H]3CC[C@@H](Oc4ccc(=N)n(C(=N)N5CCCCC5)c4)c4ccccc43)c2)CC1. The maximum Gasteiger partial charge on any atom is 0.320 e. The third-order valence-electron chi connectivity index (χ3n) is 10.8. The van der Waals surface area contributed by atoms with Crippen LogP contribution >= 0.6 is 0 Å². The van der Waals surface area contributed by atoms with Gasteiger partial charge < -0.3 is 19.9 Å².